The summed E-state index contributed by atoms with van der Waals surface area (Å²) in [4.78, 5) is 16.7. The summed E-state index contributed by atoms with van der Waals surface area (Å²) in [7, 11) is 0. The second-order valence-electron chi connectivity index (χ2n) is 6.12. The van der Waals surface area contributed by atoms with E-state index in [1.165, 1.54) is 23.5 Å². The fourth-order valence-corrected chi connectivity index (χ4v) is 3.69. The maximum absolute atomic E-state index is 12.3. The van der Waals surface area contributed by atoms with Crippen molar-refractivity contribution in [1.82, 2.24) is 10.3 Å². The Kier molecular flexibility index (Phi) is 6.70. The van der Waals surface area contributed by atoms with Gasteiger partial charge in [-0.1, -0.05) is 11.3 Å². The van der Waals surface area contributed by atoms with Gasteiger partial charge in [0.15, 0.2) is 11.7 Å². The average molecular weight is 410 g/mol. The van der Waals surface area contributed by atoms with Crippen molar-refractivity contribution in [2.24, 2.45) is 5.92 Å². The first-order valence-electron chi connectivity index (χ1n) is 7.94. The molecule has 0 spiro atoms. The SMILES string of the molecule is C[C@H]1C[C@@H](C(=O)Nc2nc3ccc(OCC(F)(F)F)cc3s2)CCN1.Cl. The van der Waals surface area contributed by atoms with Crippen LogP contribution in [0.2, 0.25) is 0 Å². The van der Waals surface area contributed by atoms with Crippen LogP contribution in [0.3, 0.4) is 0 Å². The monoisotopic (exact) mass is 409 g/mol. The molecule has 1 saturated heterocycles. The van der Waals surface area contributed by atoms with E-state index in [1.807, 2.05) is 6.92 Å². The number of hydrogen-bond donors (Lipinski definition) is 2. The van der Waals surface area contributed by atoms with E-state index in [9.17, 15) is 18.0 Å². The lowest BCUT2D eigenvalue weighted by Gasteiger charge is -2.26. The van der Waals surface area contributed by atoms with Crippen LogP contribution in [0.5, 0.6) is 5.75 Å². The molecular formula is C16H19ClF3N3O2S. The number of thiazole rings is 1. The number of anilines is 1. The van der Waals surface area contributed by atoms with Crippen LogP contribution in [0.25, 0.3) is 10.2 Å². The largest absolute Gasteiger partial charge is 0.484 e. The van der Waals surface area contributed by atoms with Gasteiger partial charge in [-0.15, -0.1) is 12.4 Å². The van der Waals surface area contributed by atoms with Crippen molar-refractivity contribution in [3.05, 3.63) is 18.2 Å². The van der Waals surface area contributed by atoms with Crippen LogP contribution in [0.1, 0.15) is 19.8 Å². The maximum atomic E-state index is 12.3. The first kappa shape index (κ1) is 20.7. The summed E-state index contributed by atoms with van der Waals surface area (Å²) in [5.41, 5.74) is 0.610. The molecular weight excluding hydrogens is 391 g/mol. The Labute approximate surface area is 158 Å². The number of nitrogens with one attached hydrogen (secondary N) is 2. The van der Waals surface area contributed by atoms with Gasteiger partial charge in [0.2, 0.25) is 5.91 Å². The molecule has 10 heteroatoms. The van der Waals surface area contributed by atoms with Crippen molar-refractivity contribution in [1.29, 1.82) is 0 Å². The summed E-state index contributed by atoms with van der Waals surface area (Å²) in [5, 5.41) is 6.55. The van der Waals surface area contributed by atoms with Gasteiger partial charge in [-0.25, -0.2) is 4.98 Å². The van der Waals surface area contributed by atoms with E-state index in [1.54, 1.807) is 6.07 Å². The highest BCUT2D eigenvalue weighted by molar-refractivity contribution is 7.22. The number of rotatable bonds is 4. The number of ether oxygens (including phenoxy) is 1. The number of fused-ring (bicyclic) bond motifs is 1. The van der Waals surface area contributed by atoms with Crippen molar-refractivity contribution in [2.45, 2.75) is 32.0 Å². The van der Waals surface area contributed by atoms with E-state index in [0.29, 0.717) is 21.4 Å². The molecule has 1 fully saturated rings. The Morgan fingerprint density at radius 1 is 1.46 bits per heavy atom. The van der Waals surface area contributed by atoms with Gasteiger partial charge in [0.05, 0.1) is 10.2 Å². The van der Waals surface area contributed by atoms with Crippen molar-refractivity contribution < 1.29 is 22.7 Å². The molecule has 1 aromatic heterocycles. The third kappa shape index (κ3) is 5.46. The van der Waals surface area contributed by atoms with E-state index in [2.05, 4.69) is 15.6 Å². The van der Waals surface area contributed by atoms with Gasteiger partial charge in [0.1, 0.15) is 5.75 Å². The van der Waals surface area contributed by atoms with E-state index in [0.717, 1.165) is 19.4 Å². The smallest absolute Gasteiger partial charge is 0.422 e. The maximum Gasteiger partial charge on any atom is 0.422 e. The van der Waals surface area contributed by atoms with Crippen LogP contribution in [0, 0.1) is 5.92 Å². The number of piperidine rings is 1. The Balaban J connectivity index is 0.00000243. The molecule has 26 heavy (non-hydrogen) atoms. The molecule has 5 nitrogen and oxygen atoms in total. The normalized spacial score (nSPS) is 20.5. The zero-order valence-electron chi connectivity index (χ0n) is 13.9. The van der Waals surface area contributed by atoms with E-state index >= 15 is 0 Å². The third-order valence-electron chi connectivity index (χ3n) is 3.99. The Bertz CT molecular complexity index is 769. The molecule has 1 amide bonds. The standard InChI is InChI=1S/C16H18F3N3O2S.ClH/c1-9-6-10(4-5-20-9)14(23)22-15-21-12-3-2-11(7-13(12)25-15)24-8-16(17,18)19;/h2-3,7,9-10,20H,4-6,8H2,1H3,(H,21,22,23);1H/t9-,10-;/m0./s1. The van der Waals surface area contributed by atoms with Gasteiger partial charge in [-0.05, 0) is 44.5 Å². The van der Waals surface area contributed by atoms with Crippen LogP contribution in [-0.2, 0) is 4.79 Å². The summed E-state index contributed by atoms with van der Waals surface area (Å²) >= 11 is 1.22. The average Bonchev–Trinajstić information content (AvgIpc) is 2.93. The zero-order chi connectivity index (χ0) is 18.0. The fraction of sp³-hybridized carbons (Fsp3) is 0.500. The van der Waals surface area contributed by atoms with Crippen molar-refractivity contribution >= 4 is 45.0 Å². The van der Waals surface area contributed by atoms with Crippen LogP contribution in [-0.4, -0.2) is 36.3 Å². The van der Waals surface area contributed by atoms with Gasteiger partial charge in [0.25, 0.3) is 0 Å². The summed E-state index contributed by atoms with van der Waals surface area (Å²) in [6.07, 6.45) is -2.84. The number of alkyl halides is 3. The summed E-state index contributed by atoms with van der Waals surface area (Å²) in [6, 6.07) is 4.82. The molecule has 2 atom stereocenters. The highest BCUT2D eigenvalue weighted by Crippen LogP contribution is 2.30. The van der Waals surface area contributed by atoms with Gasteiger partial charge in [0, 0.05) is 12.0 Å². The number of hydrogen-bond acceptors (Lipinski definition) is 5. The molecule has 0 radical (unpaired) electrons. The first-order chi connectivity index (χ1) is 11.8. The molecule has 144 valence electrons. The molecule has 0 bridgehead atoms. The van der Waals surface area contributed by atoms with Crippen molar-refractivity contribution in [3.63, 3.8) is 0 Å². The van der Waals surface area contributed by atoms with Gasteiger partial charge in [-0.2, -0.15) is 13.2 Å². The van der Waals surface area contributed by atoms with Crippen LogP contribution >= 0.6 is 23.7 Å². The molecule has 2 aromatic rings. The number of amides is 1. The minimum Gasteiger partial charge on any atom is -0.484 e. The second kappa shape index (κ2) is 8.41. The lowest BCUT2D eigenvalue weighted by Crippen LogP contribution is -2.40. The van der Waals surface area contributed by atoms with Gasteiger partial charge >= 0.3 is 6.18 Å². The molecule has 1 aromatic carbocycles. The number of benzene rings is 1. The summed E-state index contributed by atoms with van der Waals surface area (Å²) in [6.45, 7) is 1.51. The molecule has 2 heterocycles. The first-order valence-corrected chi connectivity index (χ1v) is 8.76. The van der Waals surface area contributed by atoms with Crippen LogP contribution in [0.15, 0.2) is 18.2 Å². The predicted octanol–water partition coefficient (Wildman–Crippen LogP) is 3.99. The highest BCUT2D eigenvalue weighted by Gasteiger charge is 2.28. The molecule has 0 saturated carbocycles. The Morgan fingerprint density at radius 3 is 2.92 bits per heavy atom. The highest BCUT2D eigenvalue weighted by atomic mass is 35.5. The minimum absolute atomic E-state index is 0. The summed E-state index contributed by atoms with van der Waals surface area (Å²) < 4.78 is 42.1. The Hall–Kier alpha value is -1.58. The predicted molar refractivity (Wildman–Crippen MR) is 97.2 cm³/mol. The Morgan fingerprint density at radius 2 is 2.23 bits per heavy atom. The quantitative estimate of drug-likeness (QED) is 0.801. The number of halogens is 4. The van der Waals surface area contributed by atoms with Crippen molar-refractivity contribution in [2.75, 3.05) is 18.5 Å². The van der Waals surface area contributed by atoms with Crippen LogP contribution in [0.4, 0.5) is 18.3 Å². The van der Waals surface area contributed by atoms with Gasteiger partial charge in [-0.3, -0.25) is 4.79 Å². The molecule has 0 unspecified atom stereocenters. The lowest BCUT2D eigenvalue weighted by molar-refractivity contribution is -0.153. The van der Waals surface area contributed by atoms with E-state index < -0.39 is 12.8 Å². The van der Waals surface area contributed by atoms with E-state index in [4.69, 9.17) is 4.74 Å². The summed E-state index contributed by atoms with van der Waals surface area (Å²) in [5.74, 6) is -0.00609. The number of carbonyl (C=O) groups excluding carboxylic acids is 1. The zero-order valence-corrected chi connectivity index (χ0v) is 15.6. The molecule has 3 rings (SSSR count). The molecule has 2 N–H and O–H groups in total. The number of carbonyl (C=O) groups is 1. The van der Waals surface area contributed by atoms with Gasteiger partial charge < -0.3 is 15.4 Å². The minimum atomic E-state index is -4.38. The lowest BCUT2D eigenvalue weighted by atomic mass is 9.93. The molecule has 0 aliphatic carbocycles. The topological polar surface area (TPSA) is 63.2 Å². The number of aromatic nitrogens is 1. The molecule has 1 aliphatic heterocycles. The third-order valence-corrected chi connectivity index (χ3v) is 4.92. The second-order valence-corrected chi connectivity index (χ2v) is 7.15. The van der Waals surface area contributed by atoms with Crippen LogP contribution < -0.4 is 15.4 Å². The van der Waals surface area contributed by atoms with Crippen molar-refractivity contribution in [3.8, 4) is 5.75 Å². The molecule has 1 aliphatic rings. The number of nitrogens with zero attached hydrogens (tertiary/aromatic N) is 1. The van der Waals surface area contributed by atoms with E-state index in [-0.39, 0.29) is 30.0 Å². The fourth-order valence-electron chi connectivity index (χ4n) is 2.79.